The Labute approximate surface area is 73.1 Å². The highest BCUT2D eigenvalue weighted by Gasteiger charge is 1.99. The molecule has 1 heterocycles. The lowest BCUT2D eigenvalue weighted by Crippen LogP contribution is -2.19. The fraction of sp³-hybridized carbons (Fsp3) is 0.667. The van der Waals surface area contributed by atoms with Crippen molar-refractivity contribution in [2.75, 3.05) is 6.54 Å². The van der Waals surface area contributed by atoms with Crippen molar-refractivity contribution in [3.05, 3.63) is 18.0 Å². The van der Waals surface area contributed by atoms with Crippen molar-refractivity contribution in [3.8, 4) is 0 Å². The summed E-state index contributed by atoms with van der Waals surface area (Å²) in [5, 5.41) is 6.93. The first-order valence-electron chi connectivity index (χ1n) is 4.43. The van der Waals surface area contributed by atoms with Crippen LogP contribution in [0.5, 0.6) is 0 Å². The zero-order valence-corrected chi connectivity index (χ0v) is 7.71. The largest absolute Gasteiger partial charge is 0.360 e. The second-order valence-corrected chi connectivity index (χ2v) is 3.12. The molecule has 0 aliphatic carbocycles. The fourth-order valence-electron chi connectivity index (χ4n) is 0.919. The molecule has 1 unspecified atom stereocenters. The maximum absolute atomic E-state index is 4.94. The van der Waals surface area contributed by atoms with Gasteiger partial charge in [0.05, 0.1) is 12.7 Å². The molecule has 0 spiro atoms. The van der Waals surface area contributed by atoms with Crippen LogP contribution < -0.4 is 5.32 Å². The van der Waals surface area contributed by atoms with Crippen LogP contribution in [-0.4, -0.2) is 11.7 Å². The van der Waals surface area contributed by atoms with Gasteiger partial charge >= 0.3 is 0 Å². The molecule has 3 heteroatoms. The summed E-state index contributed by atoms with van der Waals surface area (Å²) >= 11 is 0. The molecule has 1 aromatic heterocycles. The molecule has 0 saturated heterocycles. The van der Waals surface area contributed by atoms with E-state index in [1.807, 2.05) is 6.07 Å². The summed E-state index contributed by atoms with van der Waals surface area (Å²) in [6.45, 7) is 6.25. The molecule has 0 aliphatic rings. The van der Waals surface area contributed by atoms with Gasteiger partial charge in [-0.1, -0.05) is 25.4 Å². The van der Waals surface area contributed by atoms with Gasteiger partial charge in [0.1, 0.15) is 5.76 Å². The number of aromatic nitrogens is 1. The number of hydrogen-bond donors (Lipinski definition) is 1. The van der Waals surface area contributed by atoms with Crippen LogP contribution in [0.4, 0.5) is 0 Å². The van der Waals surface area contributed by atoms with Gasteiger partial charge in [0, 0.05) is 6.07 Å². The van der Waals surface area contributed by atoms with Gasteiger partial charge in [-0.15, -0.1) is 0 Å². The molecule has 0 aliphatic heterocycles. The lowest BCUT2D eigenvalue weighted by molar-refractivity contribution is 0.366. The highest BCUT2D eigenvalue weighted by atomic mass is 16.5. The van der Waals surface area contributed by atoms with Gasteiger partial charge in [0.15, 0.2) is 0 Å². The van der Waals surface area contributed by atoms with Gasteiger partial charge in [-0.25, -0.2) is 0 Å². The topological polar surface area (TPSA) is 38.1 Å². The maximum Gasteiger partial charge on any atom is 0.150 e. The SMILES string of the molecule is CCC(C)CNCc1ccno1. The molecule has 12 heavy (non-hydrogen) atoms. The third-order valence-corrected chi connectivity index (χ3v) is 1.98. The van der Waals surface area contributed by atoms with Gasteiger partial charge in [-0.3, -0.25) is 0 Å². The van der Waals surface area contributed by atoms with Crippen LogP contribution in [0.1, 0.15) is 26.0 Å². The Morgan fingerprint density at radius 3 is 3.08 bits per heavy atom. The van der Waals surface area contributed by atoms with E-state index in [1.54, 1.807) is 6.20 Å². The van der Waals surface area contributed by atoms with Crippen LogP contribution in [0.25, 0.3) is 0 Å². The van der Waals surface area contributed by atoms with Gasteiger partial charge in [-0.2, -0.15) is 0 Å². The zero-order chi connectivity index (χ0) is 8.81. The first-order valence-corrected chi connectivity index (χ1v) is 4.43. The van der Waals surface area contributed by atoms with E-state index in [1.165, 1.54) is 6.42 Å². The molecule has 0 saturated carbocycles. The summed E-state index contributed by atoms with van der Waals surface area (Å²) in [7, 11) is 0. The van der Waals surface area contributed by atoms with E-state index in [0.717, 1.165) is 24.8 Å². The lowest BCUT2D eigenvalue weighted by Gasteiger charge is -2.07. The highest BCUT2D eigenvalue weighted by molar-refractivity contribution is 4.91. The van der Waals surface area contributed by atoms with E-state index in [-0.39, 0.29) is 0 Å². The molecule has 0 amide bonds. The number of rotatable bonds is 5. The van der Waals surface area contributed by atoms with Gasteiger partial charge < -0.3 is 9.84 Å². The molecular formula is C9H16N2O. The summed E-state index contributed by atoms with van der Waals surface area (Å²) in [6.07, 6.45) is 2.88. The Hall–Kier alpha value is -0.830. The standard InChI is InChI=1S/C9H16N2O/c1-3-8(2)6-10-7-9-4-5-11-12-9/h4-5,8,10H,3,6-7H2,1-2H3. The van der Waals surface area contributed by atoms with E-state index < -0.39 is 0 Å². The summed E-state index contributed by atoms with van der Waals surface area (Å²) in [4.78, 5) is 0. The van der Waals surface area contributed by atoms with Crippen LogP contribution in [0.3, 0.4) is 0 Å². The first kappa shape index (κ1) is 9.26. The number of nitrogens with zero attached hydrogens (tertiary/aromatic N) is 1. The molecule has 1 N–H and O–H groups in total. The predicted octanol–water partition coefficient (Wildman–Crippen LogP) is 1.81. The summed E-state index contributed by atoms with van der Waals surface area (Å²) < 4.78 is 4.94. The normalized spacial score (nSPS) is 13.2. The van der Waals surface area contributed by atoms with Crippen molar-refractivity contribution in [1.82, 2.24) is 10.5 Å². The molecule has 0 radical (unpaired) electrons. The van der Waals surface area contributed by atoms with E-state index in [4.69, 9.17) is 4.52 Å². The summed E-state index contributed by atoms with van der Waals surface area (Å²) in [6, 6.07) is 1.88. The summed E-state index contributed by atoms with van der Waals surface area (Å²) in [5.74, 6) is 1.63. The van der Waals surface area contributed by atoms with Gasteiger partial charge in [-0.05, 0) is 12.5 Å². The van der Waals surface area contributed by atoms with Crippen LogP contribution in [0.2, 0.25) is 0 Å². The molecule has 68 valence electrons. The monoisotopic (exact) mass is 168 g/mol. The van der Waals surface area contributed by atoms with Crippen molar-refractivity contribution >= 4 is 0 Å². The Morgan fingerprint density at radius 2 is 2.50 bits per heavy atom. The molecule has 0 bridgehead atoms. The highest BCUT2D eigenvalue weighted by Crippen LogP contribution is 1.99. The molecule has 1 atom stereocenters. The smallest absolute Gasteiger partial charge is 0.150 e. The maximum atomic E-state index is 4.94. The van der Waals surface area contributed by atoms with Crippen molar-refractivity contribution in [1.29, 1.82) is 0 Å². The van der Waals surface area contributed by atoms with Crippen LogP contribution in [-0.2, 0) is 6.54 Å². The van der Waals surface area contributed by atoms with E-state index in [9.17, 15) is 0 Å². The second kappa shape index (κ2) is 4.93. The average Bonchev–Trinajstić information content (AvgIpc) is 2.57. The number of hydrogen-bond acceptors (Lipinski definition) is 3. The van der Waals surface area contributed by atoms with E-state index in [2.05, 4.69) is 24.3 Å². The van der Waals surface area contributed by atoms with Crippen LogP contribution >= 0.6 is 0 Å². The molecule has 0 aromatic carbocycles. The minimum Gasteiger partial charge on any atom is -0.360 e. The lowest BCUT2D eigenvalue weighted by atomic mass is 10.1. The quantitative estimate of drug-likeness (QED) is 0.728. The Balaban J connectivity index is 2.11. The van der Waals surface area contributed by atoms with Crippen molar-refractivity contribution < 1.29 is 4.52 Å². The minimum atomic E-state index is 0.730. The Morgan fingerprint density at radius 1 is 1.67 bits per heavy atom. The average molecular weight is 168 g/mol. The number of nitrogens with one attached hydrogen (secondary N) is 1. The van der Waals surface area contributed by atoms with E-state index >= 15 is 0 Å². The Kier molecular flexibility index (Phi) is 3.80. The molecule has 1 aromatic rings. The predicted molar refractivity (Wildman–Crippen MR) is 47.7 cm³/mol. The van der Waals surface area contributed by atoms with Crippen LogP contribution in [0, 0.1) is 5.92 Å². The third-order valence-electron chi connectivity index (χ3n) is 1.98. The summed E-state index contributed by atoms with van der Waals surface area (Å²) in [5.41, 5.74) is 0. The second-order valence-electron chi connectivity index (χ2n) is 3.12. The van der Waals surface area contributed by atoms with Gasteiger partial charge in [0.2, 0.25) is 0 Å². The van der Waals surface area contributed by atoms with Crippen molar-refractivity contribution in [2.24, 2.45) is 5.92 Å². The zero-order valence-electron chi connectivity index (χ0n) is 7.71. The van der Waals surface area contributed by atoms with Crippen molar-refractivity contribution in [3.63, 3.8) is 0 Å². The van der Waals surface area contributed by atoms with Crippen LogP contribution in [0.15, 0.2) is 16.8 Å². The first-order chi connectivity index (χ1) is 5.83. The third kappa shape index (κ3) is 3.05. The molecular weight excluding hydrogens is 152 g/mol. The fourth-order valence-corrected chi connectivity index (χ4v) is 0.919. The van der Waals surface area contributed by atoms with E-state index in [0.29, 0.717) is 0 Å². The Bertz CT molecular complexity index is 196. The molecule has 0 fully saturated rings. The minimum absolute atomic E-state index is 0.730. The molecule has 1 rings (SSSR count). The van der Waals surface area contributed by atoms with Gasteiger partial charge in [0.25, 0.3) is 0 Å². The van der Waals surface area contributed by atoms with Crippen molar-refractivity contribution in [2.45, 2.75) is 26.8 Å². The molecule has 3 nitrogen and oxygen atoms in total.